The van der Waals surface area contributed by atoms with Gasteiger partial charge in [0.25, 0.3) is 0 Å². The zero-order valence-corrected chi connectivity index (χ0v) is 15.5. The molecule has 1 aliphatic carbocycles. The van der Waals surface area contributed by atoms with Crippen molar-refractivity contribution in [1.82, 2.24) is 5.32 Å². The summed E-state index contributed by atoms with van der Waals surface area (Å²) < 4.78 is 44.9. The van der Waals surface area contributed by atoms with Crippen LogP contribution < -0.4 is 10.1 Å². The number of hydrogen-bond donors (Lipinski definition) is 1. The van der Waals surface area contributed by atoms with Crippen molar-refractivity contribution in [1.29, 1.82) is 0 Å². The minimum absolute atomic E-state index is 0.0840. The number of carbonyl (C=O) groups is 1. The first-order valence-electron chi connectivity index (χ1n) is 9.24. The van der Waals surface area contributed by atoms with Gasteiger partial charge in [0.2, 0.25) is 5.91 Å². The minimum atomic E-state index is -4.27. The Hall–Kier alpha value is -2.24. The SMILES string of the molecule is COc1ccc2cc([C@@H](C)C(=O)N[C@H]3CCCC[C@@H]3C(F)(F)F)ccc2c1. The Bertz CT molecular complexity index is 819. The zero-order valence-electron chi connectivity index (χ0n) is 15.5. The van der Waals surface area contributed by atoms with Crippen LogP contribution in [-0.2, 0) is 4.79 Å². The van der Waals surface area contributed by atoms with Crippen LogP contribution in [0.25, 0.3) is 10.8 Å². The first-order valence-corrected chi connectivity index (χ1v) is 9.24. The lowest BCUT2D eigenvalue weighted by molar-refractivity contribution is -0.189. The topological polar surface area (TPSA) is 38.3 Å². The molecule has 1 aliphatic rings. The minimum Gasteiger partial charge on any atom is -0.497 e. The molecule has 2 aromatic carbocycles. The van der Waals surface area contributed by atoms with E-state index in [0.29, 0.717) is 19.3 Å². The second-order valence-electron chi connectivity index (χ2n) is 7.24. The molecular weight excluding hydrogens is 355 g/mol. The summed E-state index contributed by atoms with van der Waals surface area (Å²) in [7, 11) is 1.60. The van der Waals surface area contributed by atoms with E-state index >= 15 is 0 Å². The standard InChI is InChI=1S/C21H24F3NO2/c1-13(14-7-8-16-12-17(27-2)10-9-15(16)11-14)20(26)25-19-6-4-3-5-18(19)21(22,23)24/h7-13,18-19H,3-6H2,1-2H3,(H,25,26)/t13-,18+,19+/m1/s1. The number of fused-ring (bicyclic) bond motifs is 1. The van der Waals surface area contributed by atoms with E-state index in [2.05, 4.69) is 5.32 Å². The lowest BCUT2D eigenvalue weighted by atomic mass is 9.83. The molecule has 1 amide bonds. The number of rotatable bonds is 4. The molecular formula is C21H24F3NO2. The highest BCUT2D eigenvalue weighted by Gasteiger charge is 2.46. The highest BCUT2D eigenvalue weighted by Crippen LogP contribution is 2.38. The van der Waals surface area contributed by atoms with Gasteiger partial charge in [0.1, 0.15) is 5.75 Å². The van der Waals surface area contributed by atoms with E-state index in [4.69, 9.17) is 4.74 Å². The van der Waals surface area contributed by atoms with E-state index in [1.54, 1.807) is 14.0 Å². The first-order chi connectivity index (χ1) is 12.8. The van der Waals surface area contributed by atoms with Crippen molar-refractivity contribution in [3.63, 3.8) is 0 Å². The maximum Gasteiger partial charge on any atom is 0.393 e. The lowest BCUT2D eigenvalue weighted by Gasteiger charge is -2.34. The molecule has 0 bridgehead atoms. The third-order valence-corrected chi connectivity index (χ3v) is 5.48. The fourth-order valence-electron chi connectivity index (χ4n) is 3.79. The monoisotopic (exact) mass is 379 g/mol. The first kappa shape index (κ1) is 19.5. The third-order valence-electron chi connectivity index (χ3n) is 5.48. The molecule has 3 rings (SSSR count). The van der Waals surface area contributed by atoms with Crippen LogP contribution in [0, 0.1) is 5.92 Å². The highest BCUT2D eigenvalue weighted by molar-refractivity contribution is 5.88. The second-order valence-corrected chi connectivity index (χ2v) is 7.24. The van der Waals surface area contributed by atoms with Gasteiger partial charge in [-0.15, -0.1) is 0 Å². The summed E-state index contributed by atoms with van der Waals surface area (Å²) in [6.45, 7) is 1.73. The molecule has 0 heterocycles. The van der Waals surface area contributed by atoms with E-state index in [1.807, 2.05) is 36.4 Å². The van der Waals surface area contributed by atoms with Gasteiger partial charge < -0.3 is 10.1 Å². The Morgan fingerprint density at radius 2 is 1.78 bits per heavy atom. The summed E-state index contributed by atoms with van der Waals surface area (Å²) in [5.41, 5.74) is 0.782. The van der Waals surface area contributed by atoms with Gasteiger partial charge in [0.05, 0.1) is 18.9 Å². The summed E-state index contributed by atoms with van der Waals surface area (Å²) in [5, 5.41) is 4.60. The molecule has 0 aromatic heterocycles. The fraction of sp³-hybridized carbons (Fsp3) is 0.476. The molecule has 0 unspecified atom stereocenters. The van der Waals surface area contributed by atoms with Crippen molar-refractivity contribution in [2.75, 3.05) is 7.11 Å². The van der Waals surface area contributed by atoms with Crippen molar-refractivity contribution >= 4 is 16.7 Å². The van der Waals surface area contributed by atoms with Crippen LogP contribution in [0.4, 0.5) is 13.2 Å². The summed E-state index contributed by atoms with van der Waals surface area (Å²) in [5.74, 6) is -1.58. The van der Waals surface area contributed by atoms with Crippen molar-refractivity contribution in [2.24, 2.45) is 5.92 Å². The zero-order chi connectivity index (χ0) is 19.6. The molecule has 1 N–H and O–H groups in total. The van der Waals surface area contributed by atoms with Crippen molar-refractivity contribution in [3.05, 3.63) is 42.0 Å². The van der Waals surface area contributed by atoms with Crippen LogP contribution in [0.5, 0.6) is 5.75 Å². The van der Waals surface area contributed by atoms with E-state index in [1.165, 1.54) is 0 Å². The van der Waals surface area contributed by atoms with Gasteiger partial charge in [0.15, 0.2) is 0 Å². The number of methoxy groups -OCH3 is 1. The predicted octanol–water partition coefficient (Wildman–Crippen LogP) is 5.19. The van der Waals surface area contributed by atoms with Crippen LogP contribution in [-0.4, -0.2) is 25.2 Å². The van der Waals surface area contributed by atoms with Gasteiger partial charge in [-0.3, -0.25) is 4.79 Å². The van der Waals surface area contributed by atoms with Crippen molar-refractivity contribution in [2.45, 2.75) is 50.7 Å². The van der Waals surface area contributed by atoms with Crippen molar-refractivity contribution in [3.8, 4) is 5.75 Å². The molecule has 1 fully saturated rings. The Kier molecular flexibility index (Phi) is 5.63. The Morgan fingerprint density at radius 1 is 1.11 bits per heavy atom. The molecule has 0 aliphatic heterocycles. The van der Waals surface area contributed by atoms with Gasteiger partial charge in [-0.1, -0.05) is 37.1 Å². The number of amides is 1. The van der Waals surface area contributed by atoms with Gasteiger partial charge in [-0.05, 0) is 48.2 Å². The number of alkyl halides is 3. The van der Waals surface area contributed by atoms with Crippen LogP contribution in [0.2, 0.25) is 0 Å². The number of benzene rings is 2. The van der Waals surface area contributed by atoms with Crippen molar-refractivity contribution < 1.29 is 22.7 Å². The average Bonchev–Trinajstić information content (AvgIpc) is 2.66. The van der Waals surface area contributed by atoms with Crippen LogP contribution in [0.3, 0.4) is 0 Å². The Labute approximate surface area is 156 Å². The number of halogens is 3. The van der Waals surface area contributed by atoms with Gasteiger partial charge >= 0.3 is 6.18 Å². The molecule has 1 saturated carbocycles. The molecule has 3 nitrogen and oxygen atoms in total. The molecule has 146 valence electrons. The predicted molar refractivity (Wildman–Crippen MR) is 98.9 cm³/mol. The quantitative estimate of drug-likeness (QED) is 0.794. The number of hydrogen-bond acceptors (Lipinski definition) is 2. The highest BCUT2D eigenvalue weighted by atomic mass is 19.4. The van der Waals surface area contributed by atoms with Gasteiger partial charge in [-0.2, -0.15) is 13.2 Å². The fourth-order valence-corrected chi connectivity index (χ4v) is 3.79. The number of nitrogens with one attached hydrogen (secondary N) is 1. The summed E-state index contributed by atoms with van der Waals surface area (Å²) >= 11 is 0. The lowest BCUT2D eigenvalue weighted by Crippen LogP contribution is -2.48. The molecule has 0 saturated heterocycles. The van der Waals surface area contributed by atoms with Crippen LogP contribution >= 0.6 is 0 Å². The number of ether oxygens (including phenoxy) is 1. The van der Waals surface area contributed by atoms with E-state index < -0.39 is 24.1 Å². The molecule has 2 aromatic rings. The molecule has 6 heteroatoms. The van der Waals surface area contributed by atoms with E-state index in [0.717, 1.165) is 22.1 Å². The molecule has 27 heavy (non-hydrogen) atoms. The van der Waals surface area contributed by atoms with E-state index in [9.17, 15) is 18.0 Å². The van der Waals surface area contributed by atoms with Gasteiger partial charge in [-0.25, -0.2) is 0 Å². The summed E-state index contributed by atoms with van der Waals surface area (Å²) in [4.78, 5) is 12.6. The normalized spacial score (nSPS) is 21.7. The second kappa shape index (κ2) is 7.79. The largest absolute Gasteiger partial charge is 0.497 e. The average molecular weight is 379 g/mol. The van der Waals surface area contributed by atoms with Crippen LogP contribution in [0.15, 0.2) is 36.4 Å². The van der Waals surface area contributed by atoms with Gasteiger partial charge in [0, 0.05) is 6.04 Å². The maximum atomic E-state index is 13.2. The third kappa shape index (κ3) is 4.37. The van der Waals surface area contributed by atoms with Crippen LogP contribution in [0.1, 0.15) is 44.1 Å². The summed E-state index contributed by atoms with van der Waals surface area (Å²) in [6.07, 6.45) is -2.55. The molecule has 3 atom stereocenters. The smallest absolute Gasteiger partial charge is 0.393 e. The van der Waals surface area contributed by atoms with E-state index in [-0.39, 0.29) is 12.3 Å². The Balaban J connectivity index is 1.75. The molecule has 0 spiro atoms. The molecule has 0 radical (unpaired) electrons. The maximum absolute atomic E-state index is 13.2. The summed E-state index contributed by atoms with van der Waals surface area (Å²) in [6, 6.07) is 10.5. The Morgan fingerprint density at radius 3 is 2.48 bits per heavy atom. The number of carbonyl (C=O) groups excluding carboxylic acids is 1.